The van der Waals surface area contributed by atoms with Gasteiger partial charge in [0.2, 0.25) is 0 Å². The summed E-state index contributed by atoms with van der Waals surface area (Å²) in [6.07, 6.45) is 3.00. The maximum absolute atomic E-state index is 4.51. The Bertz CT molecular complexity index is 352. The molecule has 0 spiro atoms. The molecule has 1 aromatic heterocycles. The maximum atomic E-state index is 4.51. The van der Waals surface area contributed by atoms with Crippen LogP contribution in [0.4, 0.5) is 0 Å². The predicted molar refractivity (Wildman–Crippen MR) is 62.6 cm³/mol. The average Bonchev–Trinajstić information content (AvgIpc) is 2.55. The van der Waals surface area contributed by atoms with E-state index >= 15 is 0 Å². The highest BCUT2D eigenvalue weighted by Gasteiger charge is 2.36. The summed E-state index contributed by atoms with van der Waals surface area (Å²) in [5.74, 6) is 0. The van der Waals surface area contributed by atoms with Crippen molar-refractivity contribution < 1.29 is 0 Å². The van der Waals surface area contributed by atoms with Crippen LogP contribution in [-0.2, 0) is 0 Å². The van der Waals surface area contributed by atoms with Gasteiger partial charge in [0.25, 0.3) is 0 Å². The number of nitrogens with zero attached hydrogens (tertiary/aromatic N) is 1. The third-order valence-corrected chi connectivity index (χ3v) is 3.15. The van der Waals surface area contributed by atoms with Crippen molar-refractivity contribution in [3.8, 4) is 0 Å². The van der Waals surface area contributed by atoms with Gasteiger partial charge in [-0.2, -0.15) is 0 Å². The molecular weight excluding hydrogens is 184 g/mol. The molecule has 2 heteroatoms. The lowest BCUT2D eigenvalue weighted by Gasteiger charge is -2.28. The van der Waals surface area contributed by atoms with Gasteiger partial charge in [-0.15, -0.1) is 0 Å². The quantitative estimate of drug-likeness (QED) is 0.759. The summed E-state index contributed by atoms with van der Waals surface area (Å²) >= 11 is 0. The van der Waals surface area contributed by atoms with Crippen LogP contribution >= 0.6 is 0 Å². The highest BCUT2D eigenvalue weighted by Crippen LogP contribution is 2.42. The molecule has 2 heterocycles. The number of aromatic nitrogens is 1. The molecule has 15 heavy (non-hydrogen) atoms. The van der Waals surface area contributed by atoms with Gasteiger partial charge in [-0.25, -0.2) is 0 Å². The van der Waals surface area contributed by atoms with Crippen molar-refractivity contribution in [3.63, 3.8) is 0 Å². The smallest absolute Gasteiger partial charge is 0.0621 e. The molecule has 1 N–H and O–H groups in total. The molecule has 1 aliphatic heterocycles. The second kappa shape index (κ2) is 3.60. The molecule has 82 valence electrons. The van der Waals surface area contributed by atoms with Gasteiger partial charge < -0.3 is 5.32 Å². The molecular formula is C13H20N2. The molecule has 0 amide bonds. The van der Waals surface area contributed by atoms with Crippen molar-refractivity contribution in [2.45, 2.75) is 46.2 Å². The van der Waals surface area contributed by atoms with Crippen LogP contribution in [0.25, 0.3) is 0 Å². The van der Waals surface area contributed by atoms with E-state index in [1.165, 1.54) is 11.3 Å². The molecule has 0 fully saturated rings. The fraction of sp³-hybridized carbons (Fsp3) is 0.615. The van der Waals surface area contributed by atoms with Gasteiger partial charge >= 0.3 is 0 Å². The Morgan fingerprint density at radius 1 is 1.40 bits per heavy atom. The van der Waals surface area contributed by atoms with Crippen LogP contribution in [-0.4, -0.2) is 4.98 Å². The van der Waals surface area contributed by atoms with Crippen molar-refractivity contribution >= 4 is 0 Å². The molecule has 0 radical (unpaired) electrons. The second-order valence-corrected chi connectivity index (χ2v) is 5.40. The zero-order chi connectivity index (χ0) is 11.1. The molecule has 1 aromatic rings. The summed E-state index contributed by atoms with van der Waals surface area (Å²) in [5.41, 5.74) is 2.89. The molecule has 2 rings (SSSR count). The summed E-state index contributed by atoms with van der Waals surface area (Å²) in [4.78, 5) is 4.51. The van der Waals surface area contributed by atoms with E-state index in [9.17, 15) is 0 Å². The van der Waals surface area contributed by atoms with Crippen molar-refractivity contribution in [2.75, 3.05) is 0 Å². The van der Waals surface area contributed by atoms with Crippen LogP contribution in [0.3, 0.4) is 0 Å². The minimum absolute atomic E-state index is 0.252. The van der Waals surface area contributed by atoms with Crippen molar-refractivity contribution in [2.24, 2.45) is 5.41 Å². The fourth-order valence-electron chi connectivity index (χ4n) is 2.36. The Balaban J connectivity index is 2.42. The first-order valence-electron chi connectivity index (χ1n) is 5.75. The minimum atomic E-state index is 0.252. The van der Waals surface area contributed by atoms with E-state index in [0.29, 0.717) is 12.1 Å². The molecule has 2 nitrogen and oxygen atoms in total. The van der Waals surface area contributed by atoms with Gasteiger partial charge in [-0.3, -0.25) is 4.98 Å². The monoisotopic (exact) mass is 204 g/mol. The van der Waals surface area contributed by atoms with E-state index in [1.54, 1.807) is 0 Å². The Labute approximate surface area is 92.1 Å². The van der Waals surface area contributed by atoms with Gasteiger partial charge in [-0.1, -0.05) is 33.8 Å². The Morgan fingerprint density at radius 2 is 2.13 bits per heavy atom. The van der Waals surface area contributed by atoms with E-state index < -0.39 is 0 Å². The van der Waals surface area contributed by atoms with Crippen LogP contribution in [0, 0.1) is 5.41 Å². The number of pyridine rings is 1. The van der Waals surface area contributed by atoms with Crippen LogP contribution in [0.2, 0.25) is 0 Å². The number of rotatable bonds is 1. The molecule has 1 aliphatic rings. The number of hydrogen-bond donors (Lipinski definition) is 1. The molecule has 0 aliphatic carbocycles. The summed E-state index contributed by atoms with van der Waals surface area (Å²) in [7, 11) is 0. The zero-order valence-electron chi connectivity index (χ0n) is 10.0. The average molecular weight is 204 g/mol. The second-order valence-electron chi connectivity index (χ2n) is 5.40. The molecule has 0 saturated carbocycles. The first kappa shape index (κ1) is 10.6. The third kappa shape index (κ3) is 1.78. The van der Waals surface area contributed by atoms with Crippen molar-refractivity contribution in [3.05, 3.63) is 29.6 Å². The van der Waals surface area contributed by atoms with E-state index in [2.05, 4.69) is 44.1 Å². The van der Waals surface area contributed by atoms with Crippen LogP contribution < -0.4 is 5.32 Å². The lowest BCUT2D eigenvalue weighted by Crippen LogP contribution is -2.28. The van der Waals surface area contributed by atoms with Gasteiger partial charge in [-0.05, 0) is 23.5 Å². The first-order valence-corrected chi connectivity index (χ1v) is 5.75. The van der Waals surface area contributed by atoms with Crippen molar-refractivity contribution in [1.29, 1.82) is 0 Å². The predicted octanol–water partition coefficient (Wildman–Crippen LogP) is 3.22. The Hall–Kier alpha value is -0.890. The highest BCUT2D eigenvalue weighted by atomic mass is 15.0. The third-order valence-electron chi connectivity index (χ3n) is 3.15. The molecule has 0 aromatic carbocycles. The molecule has 0 saturated heterocycles. The van der Waals surface area contributed by atoms with Gasteiger partial charge in [0.15, 0.2) is 0 Å². The first-order chi connectivity index (χ1) is 7.04. The van der Waals surface area contributed by atoms with Crippen LogP contribution in [0.5, 0.6) is 0 Å². The van der Waals surface area contributed by atoms with E-state index in [1.807, 2.05) is 12.3 Å². The summed E-state index contributed by atoms with van der Waals surface area (Å²) in [5, 5.41) is 3.68. The minimum Gasteiger partial charge on any atom is -0.301 e. The van der Waals surface area contributed by atoms with Gasteiger partial charge in [0.05, 0.1) is 11.7 Å². The van der Waals surface area contributed by atoms with Crippen LogP contribution in [0.1, 0.15) is 57.5 Å². The summed E-state index contributed by atoms with van der Waals surface area (Å²) < 4.78 is 0. The molecule has 2 unspecified atom stereocenters. The standard InChI is InChI=1S/C13H20N2/c1-5-10-11-9(7-6-8-14-11)12(15-10)13(2,3)4/h6-8,10,12,15H,5H2,1-4H3. The number of nitrogens with one attached hydrogen (secondary N) is 1. The Kier molecular flexibility index (Phi) is 2.55. The fourth-order valence-corrected chi connectivity index (χ4v) is 2.36. The van der Waals surface area contributed by atoms with Gasteiger partial charge in [0, 0.05) is 12.2 Å². The van der Waals surface area contributed by atoms with Gasteiger partial charge in [0.1, 0.15) is 0 Å². The van der Waals surface area contributed by atoms with E-state index in [0.717, 1.165) is 6.42 Å². The van der Waals surface area contributed by atoms with Crippen LogP contribution in [0.15, 0.2) is 18.3 Å². The normalized spacial score (nSPS) is 25.3. The zero-order valence-corrected chi connectivity index (χ0v) is 10.0. The topological polar surface area (TPSA) is 24.9 Å². The highest BCUT2D eigenvalue weighted by molar-refractivity contribution is 5.32. The Morgan fingerprint density at radius 3 is 2.73 bits per heavy atom. The summed E-state index contributed by atoms with van der Waals surface area (Å²) in [6.45, 7) is 9.04. The lowest BCUT2D eigenvalue weighted by atomic mass is 9.84. The SMILES string of the molecule is CCC1NC(C(C)(C)C)c2cccnc21. The number of hydrogen-bond acceptors (Lipinski definition) is 2. The van der Waals surface area contributed by atoms with Crippen molar-refractivity contribution in [1.82, 2.24) is 10.3 Å². The summed E-state index contributed by atoms with van der Waals surface area (Å²) in [6, 6.07) is 5.12. The maximum Gasteiger partial charge on any atom is 0.0621 e. The molecule has 2 atom stereocenters. The van der Waals surface area contributed by atoms with E-state index in [-0.39, 0.29) is 5.41 Å². The number of fused-ring (bicyclic) bond motifs is 1. The largest absolute Gasteiger partial charge is 0.301 e. The molecule has 0 bridgehead atoms. The van der Waals surface area contributed by atoms with E-state index in [4.69, 9.17) is 0 Å². The lowest BCUT2D eigenvalue weighted by molar-refractivity contribution is 0.270.